The number of hydrogen-bond acceptors (Lipinski definition) is 1. The summed E-state index contributed by atoms with van der Waals surface area (Å²) in [5, 5.41) is 0. The lowest BCUT2D eigenvalue weighted by atomic mass is 10.00. The number of benzene rings is 1. The van der Waals surface area contributed by atoms with Crippen LogP contribution in [0.15, 0.2) is 30.8 Å². The lowest BCUT2D eigenvalue weighted by Crippen LogP contribution is -2.35. The molecule has 0 radical (unpaired) electrons. The van der Waals surface area contributed by atoms with Crippen LogP contribution in [0, 0.1) is 5.92 Å². The summed E-state index contributed by atoms with van der Waals surface area (Å²) < 4.78 is 0. The normalized spacial score (nSPS) is 21.4. The van der Waals surface area contributed by atoms with Gasteiger partial charge < -0.3 is 4.90 Å². The molecular formula is C16H23N. The molecule has 1 unspecified atom stereocenters. The Bertz CT molecular complexity index is 352. The highest BCUT2D eigenvalue weighted by atomic mass is 15.1. The van der Waals surface area contributed by atoms with Crippen molar-refractivity contribution in [1.29, 1.82) is 0 Å². The Morgan fingerprint density at radius 1 is 1.35 bits per heavy atom. The van der Waals surface area contributed by atoms with Crippen LogP contribution in [0.1, 0.15) is 30.9 Å². The number of rotatable bonds is 4. The van der Waals surface area contributed by atoms with Crippen molar-refractivity contribution in [2.45, 2.75) is 26.2 Å². The second-order valence-electron chi connectivity index (χ2n) is 5.24. The molecule has 1 aliphatic heterocycles. The van der Waals surface area contributed by atoms with Crippen LogP contribution in [-0.4, -0.2) is 24.5 Å². The van der Waals surface area contributed by atoms with Crippen LogP contribution in [-0.2, 0) is 6.42 Å². The van der Waals surface area contributed by atoms with E-state index in [2.05, 4.69) is 42.7 Å². The van der Waals surface area contributed by atoms with E-state index >= 15 is 0 Å². The Balaban J connectivity index is 1.82. The van der Waals surface area contributed by atoms with Crippen molar-refractivity contribution in [3.05, 3.63) is 42.0 Å². The smallest absolute Gasteiger partial charge is 0.00219 e. The lowest BCUT2D eigenvalue weighted by molar-refractivity contribution is 0.186. The molecule has 0 bridgehead atoms. The minimum absolute atomic E-state index is 0.881. The first kappa shape index (κ1) is 12.4. The largest absolute Gasteiger partial charge is 0.303 e. The zero-order chi connectivity index (χ0) is 12.1. The van der Waals surface area contributed by atoms with Crippen LogP contribution < -0.4 is 0 Å². The molecule has 92 valence electrons. The second kappa shape index (κ2) is 6.02. The highest BCUT2D eigenvalue weighted by Crippen LogP contribution is 2.16. The van der Waals surface area contributed by atoms with E-state index in [1.807, 2.05) is 6.08 Å². The van der Waals surface area contributed by atoms with Gasteiger partial charge in [-0.3, -0.25) is 0 Å². The van der Waals surface area contributed by atoms with Crippen LogP contribution in [0.2, 0.25) is 0 Å². The van der Waals surface area contributed by atoms with E-state index in [0.29, 0.717) is 0 Å². The summed E-state index contributed by atoms with van der Waals surface area (Å²) in [6.45, 7) is 9.92. The molecule has 1 heterocycles. The number of nitrogens with zero attached hydrogens (tertiary/aromatic N) is 1. The summed E-state index contributed by atoms with van der Waals surface area (Å²) in [4.78, 5) is 2.61. The van der Waals surface area contributed by atoms with Gasteiger partial charge in [-0.25, -0.2) is 0 Å². The van der Waals surface area contributed by atoms with Crippen LogP contribution >= 0.6 is 0 Å². The fourth-order valence-corrected chi connectivity index (χ4v) is 2.60. The predicted octanol–water partition coefficient (Wildman–Crippen LogP) is 3.60. The van der Waals surface area contributed by atoms with Crippen LogP contribution in [0.3, 0.4) is 0 Å². The fourth-order valence-electron chi connectivity index (χ4n) is 2.60. The van der Waals surface area contributed by atoms with Gasteiger partial charge in [0.25, 0.3) is 0 Å². The van der Waals surface area contributed by atoms with E-state index in [9.17, 15) is 0 Å². The van der Waals surface area contributed by atoms with E-state index in [0.717, 1.165) is 5.92 Å². The maximum Gasteiger partial charge on any atom is 0.00219 e. The highest BCUT2D eigenvalue weighted by molar-refractivity contribution is 5.47. The Morgan fingerprint density at radius 2 is 2.12 bits per heavy atom. The molecule has 1 atom stereocenters. The topological polar surface area (TPSA) is 3.24 Å². The van der Waals surface area contributed by atoms with Gasteiger partial charge in [0.2, 0.25) is 0 Å². The van der Waals surface area contributed by atoms with Gasteiger partial charge in [-0.1, -0.05) is 43.8 Å². The zero-order valence-electron chi connectivity index (χ0n) is 10.9. The molecule has 0 N–H and O–H groups in total. The molecule has 0 saturated carbocycles. The van der Waals surface area contributed by atoms with Crippen molar-refractivity contribution in [2.75, 3.05) is 19.6 Å². The molecular weight excluding hydrogens is 206 g/mol. The molecule has 0 aliphatic carbocycles. The molecule has 0 aromatic heterocycles. The first-order valence-electron chi connectivity index (χ1n) is 6.71. The zero-order valence-corrected chi connectivity index (χ0v) is 10.9. The SMILES string of the molecule is C=Cc1ccc(CCN2CCCC(C)C2)cc1. The summed E-state index contributed by atoms with van der Waals surface area (Å²) >= 11 is 0. The first-order valence-corrected chi connectivity index (χ1v) is 6.71. The first-order chi connectivity index (χ1) is 8.28. The third kappa shape index (κ3) is 3.71. The Morgan fingerprint density at radius 3 is 2.76 bits per heavy atom. The minimum atomic E-state index is 0.881. The molecule has 17 heavy (non-hydrogen) atoms. The molecule has 1 fully saturated rings. The maximum atomic E-state index is 3.78. The molecule has 1 aromatic carbocycles. The number of piperidine rings is 1. The predicted molar refractivity (Wildman–Crippen MR) is 75.1 cm³/mol. The third-order valence-electron chi connectivity index (χ3n) is 3.67. The van der Waals surface area contributed by atoms with Gasteiger partial charge in [-0.05, 0) is 42.9 Å². The van der Waals surface area contributed by atoms with Crippen molar-refractivity contribution < 1.29 is 0 Å². The maximum absolute atomic E-state index is 3.78. The molecule has 0 amide bonds. The van der Waals surface area contributed by atoms with Gasteiger partial charge >= 0.3 is 0 Å². The van der Waals surface area contributed by atoms with Crippen molar-refractivity contribution in [3.63, 3.8) is 0 Å². The second-order valence-corrected chi connectivity index (χ2v) is 5.24. The molecule has 1 aromatic rings. The summed E-state index contributed by atoms with van der Waals surface area (Å²) in [7, 11) is 0. The van der Waals surface area contributed by atoms with Crippen molar-refractivity contribution in [3.8, 4) is 0 Å². The average molecular weight is 229 g/mol. The van der Waals surface area contributed by atoms with Gasteiger partial charge in [0.05, 0.1) is 0 Å². The van der Waals surface area contributed by atoms with Crippen LogP contribution in [0.25, 0.3) is 6.08 Å². The summed E-state index contributed by atoms with van der Waals surface area (Å²) in [6, 6.07) is 8.76. The Kier molecular flexibility index (Phi) is 4.38. The van der Waals surface area contributed by atoms with Crippen molar-refractivity contribution in [1.82, 2.24) is 4.90 Å². The standard InChI is InChI=1S/C16H23N/c1-3-15-6-8-16(9-7-15)10-12-17-11-4-5-14(2)13-17/h3,6-9,14H,1,4-5,10-13H2,2H3. The fraction of sp³-hybridized carbons (Fsp3) is 0.500. The van der Waals surface area contributed by atoms with Gasteiger partial charge in [0.1, 0.15) is 0 Å². The van der Waals surface area contributed by atoms with Gasteiger partial charge in [-0.2, -0.15) is 0 Å². The van der Waals surface area contributed by atoms with E-state index in [1.54, 1.807) is 0 Å². The summed E-state index contributed by atoms with van der Waals surface area (Å²) in [5.41, 5.74) is 2.65. The molecule has 1 saturated heterocycles. The molecule has 0 spiro atoms. The third-order valence-corrected chi connectivity index (χ3v) is 3.67. The molecule has 1 nitrogen and oxygen atoms in total. The van der Waals surface area contributed by atoms with E-state index in [1.165, 1.54) is 50.0 Å². The Labute approximate surface area is 105 Å². The van der Waals surface area contributed by atoms with Gasteiger partial charge in [0.15, 0.2) is 0 Å². The van der Waals surface area contributed by atoms with E-state index in [-0.39, 0.29) is 0 Å². The monoisotopic (exact) mass is 229 g/mol. The lowest BCUT2D eigenvalue weighted by Gasteiger charge is -2.30. The minimum Gasteiger partial charge on any atom is -0.303 e. The number of likely N-dealkylation sites (tertiary alicyclic amines) is 1. The van der Waals surface area contributed by atoms with Crippen molar-refractivity contribution >= 4 is 6.08 Å². The van der Waals surface area contributed by atoms with Crippen molar-refractivity contribution in [2.24, 2.45) is 5.92 Å². The highest BCUT2D eigenvalue weighted by Gasteiger charge is 2.15. The Hall–Kier alpha value is -1.08. The van der Waals surface area contributed by atoms with Gasteiger partial charge in [-0.15, -0.1) is 0 Å². The molecule has 2 rings (SSSR count). The van der Waals surface area contributed by atoms with Crippen LogP contribution in [0.5, 0.6) is 0 Å². The quantitative estimate of drug-likeness (QED) is 0.762. The van der Waals surface area contributed by atoms with E-state index in [4.69, 9.17) is 0 Å². The van der Waals surface area contributed by atoms with Gasteiger partial charge in [0, 0.05) is 13.1 Å². The summed E-state index contributed by atoms with van der Waals surface area (Å²) in [6.07, 6.45) is 5.85. The summed E-state index contributed by atoms with van der Waals surface area (Å²) in [5.74, 6) is 0.881. The molecule has 1 aliphatic rings. The molecule has 1 heteroatoms. The average Bonchev–Trinajstić information content (AvgIpc) is 2.37. The number of hydrogen-bond donors (Lipinski definition) is 0. The van der Waals surface area contributed by atoms with Crippen LogP contribution in [0.4, 0.5) is 0 Å². The van der Waals surface area contributed by atoms with E-state index < -0.39 is 0 Å².